The molecule has 4 heterocycles. The zero-order valence-electron chi connectivity index (χ0n) is 18.6. The Morgan fingerprint density at radius 1 is 1.16 bits per heavy atom. The number of piperazine rings is 1. The molecule has 1 aliphatic carbocycles. The van der Waals surface area contributed by atoms with Crippen LogP contribution in [0.3, 0.4) is 0 Å². The van der Waals surface area contributed by atoms with Crippen molar-refractivity contribution in [2.24, 2.45) is 0 Å². The molecular weight excluding hydrogens is 418 g/mol. The van der Waals surface area contributed by atoms with Gasteiger partial charge in [-0.25, -0.2) is 0 Å². The highest BCUT2D eigenvalue weighted by Gasteiger charge is 2.50. The summed E-state index contributed by atoms with van der Waals surface area (Å²) in [5.74, 6) is 0.983. The Morgan fingerprint density at radius 2 is 1.84 bits per heavy atom. The lowest BCUT2D eigenvalue weighted by atomic mass is 9.99. The maximum absolute atomic E-state index is 13.5. The fourth-order valence-corrected chi connectivity index (χ4v) is 7.56. The van der Waals surface area contributed by atoms with Crippen LogP contribution in [-0.4, -0.2) is 83.3 Å². The van der Waals surface area contributed by atoms with E-state index in [4.69, 9.17) is 4.52 Å². The lowest BCUT2D eigenvalue weighted by Gasteiger charge is -2.47. The standard InChI is InChI=1S/C21H33N5O4S/c1-21(2)13-25(9-8-24(21)3)31(28,29)26-16-6-7-17(26)11-15(10-16)22-20(27)18-12-19(30-23-18)14-4-5-14/h12,14-17H,4-11,13H2,1-3H3,(H,22,27)/t15?,16-,17+. The summed E-state index contributed by atoms with van der Waals surface area (Å²) in [5, 5.41) is 7.00. The summed E-state index contributed by atoms with van der Waals surface area (Å²) in [5.41, 5.74) is 0.136. The zero-order valence-corrected chi connectivity index (χ0v) is 19.4. The summed E-state index contributed by atoms with van der Waals surface area (Å²) < 4.78 is 35.8. The Balaban J connectivity index is 1.24. The largest absolute Gasteiger partial charge is 0.360 e. The third-order valence-corrected chi connectivity index (χ3v) is 9.71. The fourth-order valence-electron chi connectivity index (χ4n) is 5.37. The van der Waals surface area contributed by atoms with Crippen molar-refractivity contribution in [3.63, 3.8) is 0 Å². The molecule has 172 valence electrons. The van der Waals surface area contributed by atoms with Gasteiger partial charge in [-0.15, -0.1) is 0 Å². The first-order valence-corrected chi connectivity index (χ1v) is 12.8. The summed E-state index contributed by atoms with van der Waals surface area (Å²) >= 11 is 0. The minimum absolute atomic E-state index is 0.0403. The molecule has 0 spiro atoms. The van der Waals surface area contributed by atoms with Gasteiger partial charge in [-0.05, 0) is 59.4 Å². The van der Waals surface area contributed by atoms with Gasteiger partial charge >= 0.3 is 0 Å². The molecule has 1 amide bonds. The van der Waals surface area contributed by atoms with Crippen molar-refractivity contribution in [2.75, 3.05) is 26.7 Å². The number of hydrogen-bond donors (Lipinski definition) is 1. The van der Waals surface area contributed by atoms with Gasteiger partial charge < -0.3 is 9.84 Å². The number of likely N-dealkylation sites (N-methyl/N-ethyl adjacent to an activating group) is 1. The molecule has 4 aliphatic rings. The SMILES string of the molecule is CN1CCN(S(=O)(=O)N2[C@@H]3CC[C@H]2CC(NC(=O)c2cc(C4CC4)on2)C3)CC1(C)C. The first-order chi connectivity index (χ1) is 14.6. The fraction of sp³-hybridized carbons (Fsp3) is 0.810. The van der Waals surface area contributed by atoms with E-state index in [-0.39, 0.29) is 29.6 Å². The average molecular weight is 452 g/mol. The van der Waals surface area contributed by atoms with Gasteiger partial charge in [0, 0.05) is 55.3 Å². The number of rotatable bonds is 5. The van der Waals surface area contributed by atoms with Gasteiger partial charge in [0.15, 0.2) is 5.69 Å². The molecule has 1 saturated carbocycles. The van der Waals surface area contributed by atoms with E-state index in [0.717, 1.165) is 38.0 Å². The number of fused-ring (bicyclic) bond motifs is 2. The lowest BCUT2D eigenvalue weighted by molar-refractivity contribution is 0.0724. The van der Waals surface area contributed by atoms with Gasteiger partial charge in [0.05, 0.1) is 0 Å². The van der Waals surface area contributed by atoms with E-state index < -0.39 is 10.2 Å². The van der Waals surface area contributed by atoms with E-state index in [1.165, 1.54) is 0 Å². The van der Waals surface area contributed by atoms with Crippen LogP contribution < -0.4 is 5.32 Å². The number of hydrogen-bond acceptors (Lipinski definition) is 6. The minimum Gasteiger partial charge on any atom is -0.360 e. The van der Waals surface area contributed by atoms with Crippen LogP contribution in [0, 0.1) is 0 Å². The Morgan fingerprint density at radius 3 is 2.45 bits per heavy atom. The molecule has 3 saturated heterocycles. The van der Waals surface area contributed by atoms with Gasteiger partial charge in [0.25, 0.3) is 16.1 Å². The van der Waals surface area contributed by atoms with E-state index in [1.54, 1.807) is 14.7 Å². The monoisotopic (exact) mass is 451 g/mol. The minimum atomic E-state index is -3.52. The third-order valence-electron chi connectivity index (χ3n) is 7.62. The molecule has 5 rings (SSSR count). The van der Waals surface area contributed by atoms with Gasteiger partial charge in [0.1, 0.15) is 5.76 Å². The van der Waals surface area contributed by atoms with Gasteiger partial charge in [-0.2, -0.15) is 17.0 Å². The van der Waals surface area contributed by atoms with Crippen LogP contribution >= 0.6 is 0 Å². The summed E-state index contributed by atoms with van der Waals surface area (Å²) in [6.45, 7) is 5.92. The second-order valence-corrected chi connectivity index (χ2v) is 12.2. The smallest absolute Gasteiger partial charge is 0.282 e. The van der Waals surface area contributed by atoms with Crippen molar-refractivity contribution in [1.82, 2.24) is 24.0 Å². The van der Waals surface area contributed by atoms with Crippen molar-refractivity contribution in [2.45, 2.75) is 82.0 Å². The number of nitrogens with zero attached hydrogens (tertiary/aromatic N) is 4. The number of carbonyl (C=O) groups is 1. The second-order valence-electron chi connectivity index (χ2n) is 10.3. The molecular formula is C21H33N5O4S. The third kappa shape index (κ3) is 3.92. The molecule has 1 aromatic rings. The van der Waals surface area contributed by atoms with E-state index >= 15 is 0 Å². The van der Waals surface area contributed by atoms with Crippen LogP contribution in [0.25, 0.3) is 0 Å². The predicted molar refractivity (Wildman–Crippen MR) is 115 cm³/mol. The summed E-state index contributed by atoms with van der Waals surface area (Å²) in [4.78, 5) is 14.9. The van der Waals surface area contributed by atoms with Crippen molar-refractivity contribution < 1.29 is 17.7 Å². The highest BCUT2D eigenvalue weighted by molar-refractivity contribution is 7.86. The average Bonchev–Trinajstić information content (AvgIpc) is 3.36. The lowest BCUT2D eigenvalue weighted by Crippen LogP contribution is -2.63. The maximum atomic E-state index is 13.5. The maximum Gasteiger partial charge on any atom is 0.282 e. The summed E-state index contributed by atoms with van der Waals surface area (Å²) in [6, 6.07) is 1.59. The Hall–Kier alpha value is -1.49. The molecule has 3 aliphatic heterocycles. The zero-order chi connectivity index (χ0) is 22.0. The number of aromatic nitrogens is 1. The topological polar surface area (TPSA) is 99.0 Å². The second kappa shape index (κ2) is 7.54. The summed E-state index contributed by atoms with van der Waals surface area (Å²) in [6.07, 6.45) is 5.18. The molecule has 2 bridgehead atoms. The van der Waals surface area contributed by atoms with Gasteiger partial charge in [-0.1, -0.05) is 5.16 Å². The molecule has 4 fully saturated rings. The van der Waals surface area contributed by atoms with Crippen LogP contribution in [-0.2, 0) is 10.2 Å². The molecule has 0 aromatic carbocycles. The normalized spacial score (nSPS) is 32.3. The first-order valence-electron chi connectivity index (χ1n) is 11.4. The van der Waals surface area contributed by atoms with Gasteiger partial charge in [-0.3, -0.25) is 9.69 Å². The van der Waals surface area contributed by atoms with E-state index in [1.807, 2.05) is 7.05 Å². The molecule has 31 heavy (non-hydrogen) atoms. The molecule has 0 radical (unpaired) electrons. The molecule has 1 N–H and O–H groups in total. The molecule has 9 nitrogen and oxygen atoms in total. The number of amides is 1. The van der Waals surface area contributed by atoms with E-state index in [9.17, 15) is 13.2 Å². The molecule has 3 atom stereocenters. The molecule has 10 heteroatoms. The van der Waals surface area contributed by atoms with Crippen molar-refractivity contribution in [3.8, 4) is 0 Å². The van der Waals surface area contributed by atoms with Crippen LogP contribution in [0.1, 0.15) is 74.5 Å². The van der Waals surface area contributed by atoms with Crippen LogP contribution in [0.2, 0.25) is 0 Å². The number of nitrogens with one attached hydrogen (secondary N) is 1. The van der Waals surface area contributed by atoms with E-state index in [2.05, 4.69) is 29.2 Å². The number of piperidine rings is 1. The van der Waals surface area contributed by atoms with Crippen molar-refractivity contribution in [1.29, 1.82) is 0 Å². The quantitative estimate of drug-likeness (QED) is 0.729. The Bertz CT molecular complexity index is 943. The highest BCUT2D eigenvalue weighted by Crippen LogP contribution is 2.41. The van der Waals surface area contributed by atoms with Crippen molar-refractivity contribution in [3.05, 3.63) is 17.5 Å². The van der Waals surface area contributed by atoms with Crippen LogP contribution in [0.4, 0.5) is 0 Å². The molecule has 1 unspecified atom stereocenters. The summed E-state index contributed by atoms with van der Waals surface area (Å²) in [7, 11) is -1.47. The first kappa shape index (κ1) is 21.4. The van der Waals surface area contributed by atoms with Crippen molar-refractivity contribution >= 4 is 16.1 Å². The highest BCUT2D eigenvalue weighted by atomic mass is 32.2. The van der Waals surface area contributed by atoms with Crippen LogP contribution in [0.5, 0.6) is 0 Å². The Kier molecular flexibility index (Phi) is 5.19. The predicted octanol–water partition coefficient (Wildman–Crippen LogP) is 1.55. The molecule has 1 aromatic heterocycles. The number of carbonyl (C=O) groups excluding carboxylic acids is 1. The van der Waals surface area contributed by atoms with Gasteiger partial charge in [0.2, 0.25) is 0 Å². The van der Waals surface area contributed by atoms with E-state index in [0.29, 0.717) is 37.5 Å². The Labute approximate surface area is 184 Å². The van der Waals surface area contributed by atoms with Crippen LogP contribution in [0.15, 0.2) is 10.6 Å².